The molecule has 0 bridgehead atoms. The third-order valence-electron chi connectivity index (χ3n) is 2.50. The van der Waals surface area contributed by atoms with Gasteiger partial charge in [0, 0.05) is 4.47 Å². The Bertz CT molecular complexity index is 367. The Morgan fingerprint density at radius 1 is 1.20 bits per heavy atom. The summed E-state index contributed by atoms with van der Waals surface area (Å²) in [5.74, 6) is 0.463. The standard InChI is InChI=1S/C12H19BrOSi/c1-12(2,3)10-8(13)6-7-9(14)11(10)15(4)5/h6-7,14-15H,1-5H3. The van der Waals surface area contributed by atoms with E-state index in [1.807, 2.05) is 6.07 Å². The van der Waals surface area contributed by atoms with Gasteiger partial charge in [-0.3, -0.25) is 0 Å². The molecule has 0 aliphatic rings. The van der Waals surface area contributed by atoms with Gasteiger partial charge in [0.1, 0.15) is 5.75 Å². The van der Waals surface area contributed by atoms with Gasteiger partial charge in [0.15, 0.2) is 0 Å². The molecular weight excluding hydrogens is 268 g/mol. The Hall–Kier alpha value is -0.283. The quantitative estimate of drug-likeness (QED) is 0.787. The number of hydrogen-bond donors (Lipinski definition) is 1. The summed E-state index contributed by atoms with van der Waals surface area (Å²) < 4.78 is 1.11. The van der Waals surface area contributed by atoms with Crippen molar-refractivity contribution < 1.29 is 5.11 Å². The molecule has 0 aromatic heterocycles. The van der Waals surface area contributed by atoms with Crippen LogP contribution in [0.1, 0.15) is 26.3 Å². The summed E-state index contributed by atoms with van der Waals surface area (Å²) in [5.41, 5.74) is 1.34. The molecule has 1 aromatic carbocycles. The van der Waals surface area contributed by atoms with Gasteiger partial charge in [-0.25, -0.2) is 0 Å². The van der Waals surface area contributed by atoms with E-state index in [0.29, 0.717) is 5.75 Å². The van der Waals surface area contributed by atoms with Crippen molar-refractivity contribution in [2.24, 2.45) is 0 Å². The monoisotopic (exact) mass is 286 g/mol. The average molecular weight is 287 g/mol. The Morgan fingerprint density at radius 2 is 1.73 bits per heavy atom. The molecule has 0 fully saturated rings. The van der Waals surface area contributed by atoms with Crippen molar-refractivity contribution >= 4 is 29.9 Å². The molecule has 3 heteroatoms. The lowest BCUT2D eigenvalue weighted by atomic mass is 9.87. The van der Waals surface area contributed by atoms with E-state index < -0.39 is 8.80 Å². The molecule has 0 amide bonds. The Balaban J connectivity index is 3.53. The fourth-order valence-corrected chi connectivity index (χ4v) is 4.93. The first-order valence-electron chi connectivity index (χ1n) is 5.27. The molecule has 1 rings (SSSR count). The normalized spacial score (nSPS) is 12.2. The van der Waals surface area contributed by atoms with Crippen molar-refractivity contribution in [3.63, 3.8) is 0 Å². The SMILES string of the molecule is C[SiH](C)c1c(O)ccc(Br)c1C(C)(C)C. The minimum atomic E-state index is -1.02. The number of halogens is 1. The molecule has 1 nitrogen and oxygen atoms in total. The lowest BCUT2D eigenvalue weighted by molar-refractivity contribution is 0.476. The zero-order valence-electron chi connectivity index (χ0n) is 10.1. The molecule has 1 aromatic rings. The predicted molar refractivity (Wildman–Crippen MR) is 73.0 cm³/mol. The first-order chi connectivity index (χ1) is 6.75. The number of hydrogen-bond acceptors (Lipinski definition) is 1. The van der Waals surface area contributed by atoms with Crippen molar-refractivity contribution in [2.45, 2.75) is 39.3 Å². The van der Waals surface area contributed by atoms with E-state index in [0.717, 1.165) is 4.47 Å². The van der Waals surface area contributed by atoms with Crippen LogP contribution in [0.15, 0.2) is 16.6 Å². The third-order valence-corrected chi connectivity index (χ3v) is 4.90. The van der Waals surface area contributed by atoms with Crippen molar-refractivity contribution in [1.29, 1.82) is 0 Å². The average Bonchev–Trinajstić information content (AvgIpc) is 2.05. The minimum absolute atomic E-state index is 0.0736. The number of phenols is 1. The Kier molecular flexibility index (Phi) is 3.66. The van der Waals surface area contributed by atoms with Crippen molar-refractivity contribution in [1.82, 2.24) is 0 Å². The summed E-state index contributed by atoms with van der Waals surface area (Å²) >= 11 is 3.60. The van der Waals surface area contributed by atoms with E-state index in [1.165, 1.54) is 10.8 Å². The highest BCUT2D eigenvalue weighted by Gasteiger charge is 2.24. The molecular formula is C12H19BrOSi. The summed E-state index contributed by atoms with van der Waals surface area (Å²) in [6.07, 6.45) is 0. The van der Waals surface area contributed by atoms with Crippen LogP contribution >= 0.6 is 15.9 Å². The number of aromatic hydroxyl groups is 1. The maximum atomic E-state index is 9.96. The van der Waals surface area contributed by atoms with Gasteiger partial charge in [0.25, 0.3) is 0 Å². The second-order valence-corrected chi connectivity index (χ2v) is 9.00. The Labute approximate surface area is 102 Å². The molecule has 0 unspecified atom stereocenters. The molecule has 0 radical (unpaired) electrons. The third kappa shape index (κ3) is 2.64. The Morgan fingerprint density at radius 3 is 2.07 bits per heavy atom. The summed E-state index contributed by atoms with van der Waals surface area (Å²) in [6.45, 7) is 11.1. The van der Waals surface area contributed by atoms with Crippen LogP contribution in [0.25, 0.3) is 0 Å². The molecule has 0 heterocycles. The number of phenolic OH excluding ortho intramolecular Hbond substituents is 1. The van der Waals surface area contributed by atoms with Crippen LogP contribution < -0.4 is 5.19 Å². The van der Waals surface area contributed by atoms with Crippen LogP contribution in [0.3, 0.4) is 0 Å². The fraction of sp³-hybridized carbons (Fsp3) is 0.500. The zero-order valence-corrected chi connectivity index (χ0v) is 12.8. The van der Waals surface area contributed by atoms with Gasteiger partial charge in [-0.1, -0.05) is 49.8 Å². The van der Waals surface area contributed by atoms with Crippen LogP contribution in [0.2, 0.25) is 13.1 Å². The first-order valence-corrected chi connectivity index (χ1v) is 8.95. The first kappa shape index (κ1) is 12.8. The van der Waals surface area contributed by atoms with E-state index in [4.69, 9.17) is 0 Å². The van der Waals surface area contributed by atoms with E-state index in [2.05, 4.69) is 49.8 Å². The van der Waals surface area contributed by atoms with E-state index in [-0.39, 0.29) is 5.41 Å². The van der Waals surface area contributed by atoms with Crippen LogP contribution in [-0.4, -0.2) is 13.9 Å². The molecule has 0 aliphatic heterocycles. The van der Waals surface area contributed by atoms with Gasteiger partial charge in [-0.05, 0) is 28.3 Å². The van der Waals surface area contributed by atoms with Crippen LogP contribution in [0.5, 0.6) is 5.75 Å². The molecule has 0 saturated carbocycles. The zero-order chi connectivity index (χ0) is 11.8. The van der Waals surface area contributed by atoms with E-state index in [9.17, 15) is 5.11 Å². The lowest BCUT2D eigenvalue weighted by Crippen LogP contribution is -2.33. The highest BCUT2D eigenvalue weighted by molar-refractivity contribution is 9.10. The van der Waals surface area contributed by atoms with Crippen molar-refractivity contribution in [3.8, 4) is 5.75 Å². The second kappa shape index (κ2) is 4.30. The molecule has 1 N–H and O–H groups in total. The van der Waals surface area contributed by atoms with E-state index >= 15 is 0 Å². The molecule has 0 saturated heterocycles. The van der Waals surface area contributed by atoms with Crippen LogP contribution in [-0.2, 0) is 5.41 Å². The van der Waals surface area contributed by atoms with Gasteiger partial charge >= 0.3 is 0 Å². The smallest absolute Gasteiger partial charge is 0.114 e. The molecule has 84 valence electrons. The number of rotatable bonds is 1. The minimum Gasteiger partial charge on any atom is -0.508 e. The molecule has 0 aliphatic carbocycles. The molecule has 0 atom stereocenters. The van der Waals surface area contributed by atoms with E-state index in [1.54, 1.807) is 6.07 Å². The maximum Gasteiger partial charge on any atom is 0.114 e. The highest BCUT2D eigenvalue weighted by Crippen LogP contribution is 2.31. The summed E-state index contributed by atoms with van der Waals surface area (Å²) in [4.78, 5) is 0. The van der Waals surface area contributed by atoms with Crippen LogP contribution in [0, 0.1) is 0 Å². The van der Waals surface area contributed by atoms with Gasteiger partial charge in [0.2, 0.25) is 0 Å². The van der Waals surface area contributed by atoms with Crippen molar-refractivity contribution in [3.05, 3.63) is 22.2 Å². The fourth-order valence-electron chi connectivity index (χ4n) is 1.93. The van der Waals surface area contributed by atoms with Crippen LogP contribution in [0.4, 0.5) is 0 Å². The lowest BCUT2D eigenvalue weighted by Gasteiger charge is -2.26. The summed E-state index contributed by atoms with van der Waals surface area (Å²) in [5, 5.41) is 11.2. The maximum absolute atomic E-state index is 9.96. The predicted octanol–water partition coefficient (Wildman–Crippen LogP) is 3.15. The highest BCUT2D eigenvalue weighted by atomic mass is 79.9. The van der Waals surface area contributed by atoms with Gasteiger partial charge < -0.3 is 5.11 Å². The summed E-state index contributed by atoms with van der Waals surface area (Å²) in [7, 11) is -1.02. The second-order valence-electron chi connectivity index (χ2n) is 5.26. The van der Waals surface area contributed by atoms with Gasteiger partial charge in [-0.15, -0.1) is 0 Å². The summed E-state index contributed by atoms with van der Waals surface area (Å²) in [6, 6.07) is 3.73. The molecule has 0 spiro atoms. The largest absolute Gasteiger partial charge is 0.508 e. The topological polar surface area (TPSA) is 20.2 Å². The van der Waals surface area contributed by atoms with Gasteiger partial charge in [-0.2, -0.15) is 0 Å². The van der Waals surface area contributed by atoms with Gasteiger partial charge in [0.05, 0.1) is 8.80 Å². The molecule has 15 heavy (non-hydrogen) atoms. The number of benzene rings is 1. The van der Waals surface area contributed by atoms with Crippen molar-refractivity contribution in [2.75, 3.05) is 0 Å².